The molecule has 2 rings (SSSR count). The molecule has 21 heavy (non-hydrogen) atoms. The van der Waals surface area contributed by atoms with E-state index in [4.69, 9.17) is 5.26 Å². The van der Waals surface area contributed by atoms with E-state index in [0.29, 0.717) is 12.1 Å². The summed E-state index contributed by atoms with van der Waals surface area (Å²) in [5, 5.41) is 8.87. The molecule has 1 aliphatic carbocycles. The topological polar surface area (TPSA) is 70.0 Å². The molecular formula is C15H20N2O2S2. The van der Waals surface area contributed by atoms with Gasteiger partial charge in [-0.3, -0.25) is 0 Å². The number of nitriles is 1. The molecule has 0 aliphatic heterocycles. The van der Waals surface area contributed by atoms with Crippen LogP contribution in [0.4, 0.5) is 0 Å². The molecule has 0 amide bonds. The quantitative estimate of drug-likeness (QED) is 0.904. The van der Waals surface area contributed by atoms with Gasteiger partial charge in [0.2, 0.25) is 10.0 Å². The number of rotatable bonds is 5. The minimum absolute atomic E-state index is 0.0121. The van der Waals surface area contributed by atoms with Gasteiger partial charge >= 0.3 is 0 Å². The van der Waals surface area contributed by atoms with Crippen molar-refractivity contribution in [1.29, 1.82) is 5.26 Å². The van der Waals surface area contributed by atoms with Crippen molar-refractivity contribution in [3.8, 4) is 6.07 Å². The third-order valence-corrected chi connectivity index (χ3v) is 6.87. The summed E-state index contributed by atoms with van der Waals surface area (Å²) in [7, 11) is -3.55. The van der Waals surface area contributed by atoms with Crippen LogP contribution in [-0.4, -0.2) is 26.0 Å². The molecule has 114 valence electrons. The summed E-state index contributed by atoms with van der Waals surface area (Å²) >= 11 is 1.76. The third kappa shape index (κ3) is 4.00. The number of benzene rings is 1. The van der Waals surface area contributed by atoms with Gasteiger partial charge in [0.15, 0.2) is 0 Å². The first-order chi connectivity index (χ1) is 10.0. The Kier molecular flexibility index (Phi) is 5.31. The fourth-order valence-corrected chi connectivity index (χ4v) is 4.87. The van der Waals surface area contributed by atoms with Crippen molar-refractivity contribution in [2.75, 3.05) is 12.8 Å². The molecule has 0 saturated heterocycles. The third-order valence-electron chi connectivity index (χ3n) is 4.06. The fourth-order valence-electron chi connectivity index (χ4n) is 2.69. The Hall–Kier alpha value is -1.03. The van der Waals surface area contributed by atoms with E-state index in [1.807, 2.05) is 6.07 Å². The van der Waals surface area contributed by atoms with E-state index < -0.39 is 10.0 Å². The van der Waals surface area contributed by atoms with Crippen LogP contribution in [0.5, 0.6) is 0 Å². The predicted octanol–water partition coefficient (Wildman–Crippen LogP) is 2.90. The molecule has 0 heterocycles. The molecule has 1 aromatic carbocycles. The fraction of sp³-hybridized carbons (Fsp3) is 0.533. The van der Waals surface area contributed by atoms with E-state index in [2.05, 4.69) is 11.0 Å². The van der Waals surface area contributed by atoms with E-state index >= 15 is 0 Å². The van der Waals surface area contributed by atoms with Crippen LogP contribution in [0.15, 0.2) is 29.2 Å². The van der Waals surface area contributed by atoms with Gasteiger partial charge in [0.25, 0.3) is 0 Å². The number of hydrogen-bond donors (Lipinski definition) is 1. The normalized spacial score (nSPS) is 18.1. The van der Waals surface area contributed by atoms with Gasteiger partial charge < -0.3 is 0 Å². The minimum Gasteiger partial charge on any atom is -0.210 e. The van der Waals surface area contributed by atoms with Gasteiger partial charge in [-0.2, -0.15) is 17.0 Å². The average molecular weight is 324 g/mol. The highest BCUT2D eigenvalue weighted by atomic mass is 32.2. The summed E-state index contributed by atoms with van der Waals surface area (Å²) in [6.07, 6.45) is 7.71. The van der Waals surface area contributed by atoms with Crippen LogP contribution in [0.3, 0.4) is 0 Å². The molecule has 4 nitrogen and oxygen atoms in total. The van der Waals surface area contributed by atoms with Crippen molar-refractivity contribution in [2.45, 2.75) is 41.7 Å². The molecule has 0 spiro atoms. The van der Waals surface area contributed by atoms with E-state index in [1.54, 1.807) is 23.9 Å². The highest BCUT2D eigenvalue weighted by Crippen LogP contribution is 2.38. The Bertz CT molecular complexity index is 629. The van der Waals surface area contributed by atoms with Gasteiger partial charge in [0.1, 0.15) is 0 Å². The molecule has 0 aromatic heterocycles. The lowest BCUT2D eigenvalue weighted by Gasteiger charge is -2.35. The second-order valence-electron chi connectivity index (χ2n) is 5.41. The summed E-state index contributed by atoms with van der Waals surface area (Å²) in [6, 6.07) is 8.10. The molecule has 1 N–H and O–H groups in total. The second-order valence-corrected chi connectivity index (χ2v) is 8.45. The van der Waals surface area contributed by atoms with Crippen molar-refractivity contribution >= 4 is 21.8 Å². The summed E-state index contributed by atoms with van der Waals surface area (Å²) in [5.74, 6) is 0. The van der Waals surface area contributed by atoms with E-state index in [1.165, 1.54) is 18.6 Å². The van der Waals surface area contributed by atoms with Crippen LogP contribution < -0.4 is 4.72 Å². The Morgan fingerprint density at radius 2 is 2.05 bits per heavy atom. The lowest BCUT2D eigenvalue weighted by atomic mass is 9.88. The van der Waals surface area contributed by atoms with Crippen LogP contribution >= 0.6 is 11.8 Å². The van der Waals surface area contributed by atoms with Crippen LogP contribution in [0.25, 0.3) is 0 Å². The van der Waals surface area contributed by atoms with Gasteiger partial charge in [0.05, 0.1) is 16.5 Å². The van der Waals surface area contributed by atoms with Gasteiger partial charge in [-0.1, -0.05) is 25.3 Å². The number of sulfonamides is 1. The molecular weight excluding hydrogens is 304 g/mol. The van der Waals surface area contributed by atoms with Gasteiger partial charge in [-0.25, -0.2) is 13.1 Å². The molecule has 0 atom stereocenters. The summed E-state index contributed by atoms with van der Waals surface area (Å²) in [6.45, 7) is 0.452. The van der Waals surface area contributed by atoms with E-state index in [9.17, 15) is 8.42 Å². The highest BCUT2D eigenvalue weighted by Gasteiger charge is 2.32. The highest BCUT2D eigenvalue weighted by molar-refractivity contribution is 8.00. The van der Waals surface area contributed by atoms with Crippen molar-refractivity contribution in [1.82, 2.24) is 4.72 Å². The van der Waals surface area contributed by atoms with Crippen molar-refractivity contribution in [2.24, 2.45) is 0 Å². The first-order valence-electron chi connectivity index (χ1n) is 7.06. The summed E-state index contributed by atoms with van der Waals surface area (Å²) in [4.78, 5) is 0.161. The zero-order valence-corrected chi connectivity index (χ0v) is 13.8. The first-order valence-corrected chi connectivity index (χ1v) is 9.77. The smallest absolute Gasteiger partial charge is 0.210 e. The maximum Gasteiger partial charge on any atom is 0.240 e. The Balaban J connectivity index is 2.12. The largest absolute Gasteiger partial charge is 0.240 e. The zero-order valence-electron chi connectivity index (χ0n) is 12.1. The maximum atomic E-state index is 12.4. The molecule has 0 unspecified atom stereocenters. The van der Waals surface area contributed by atoms with Gasteiger partial charge in [0, 0.05) is 11.3 Å². The minimum atomic E-state index is -3.55. The average Bonchev–Trinajstić information content (AvgIpc) is 2.54. The molecule has 1 saturated carbocycles. The number of nitrogens with zero attached hydrogens (tertiary/aromatic N) is 1. The lowest BCUT2D eigenvalue weighted by molar-refractivity contribution is 0.395. The van der Waals surface area contributed by atoms with Crippen LogP contribution in [0.2, 0.25) is 0 Å². The maximum absolute atomic E-state index is 12.4. The molecule has 1 fully saturated rings. The lowest BCUT2D eigenvalue weighted by Crippen LogP contribution is -2.41. The Labute approximate surface area is 131 Å². The van der Waals surface area contributed by atoms with Crippen molar-refractivity contribution in [3.05, 3.63) is 29.8 Å². The predicted molar refractivity (Wildman–Crippen MR) is 85.7 cm³/mol. The molecule has 0 radical (unpaired) electrons. The molecule has 1 aromatic rings. The van der Waals surface area contributed by atoms with Crippen molar-refractivity contribution < 1.29 is 8.42 Å². The Morgan fingerprint density at radius 1 is 1.33 bits per heavy atom. The van der Waals surface area contributed by atoms with Crippen LogP contribution in [0.1, 0.15) is 37.7 Å². The zero-order chi connectivity index (χ0) is 15.3. The SMILES string of the molecule is CSC1(CNS(=O)(=O)c2cccc(C#N)c2)CCCCC1. The van der Waals surface area contributed by atoms with Crippen molar-refractivity contribution in [3.63, 3.8) is 0 Å². The van der Waals surface area contributed by atoms with E-state index in [0.717, 1.165) is 25.7 Å². The summed E-state index contributed by atoms with van der Waals surface area (Å²) in [5.41, 5.74) is 0.357. The Morgan fingerprint density at radius 3 is 2.67 bits per heavy atom. The summed E-state index contributed by atoms with van der Waals surface area (Å²) < 4.78 is 27.5. The standard InChI is InChI=1S/C15H20N2O2S2/c1-20-15(8-3-2-4-9-15)12-17-21(18,19)14-7-5-6-13(10-14)11-16/h5-7,10,17H,2-4,8-9,12H2,1H3. The monoisotopic (exact) mass is 324 g/mol. The van der Waals surface area contributed by atoms with Crippen LogP contribution in [0, 0.1) is 11.3 Å². The van der Waals surface area contributed by atoms with Gasteiger partial charge in [-0.05, 0) is 37.3 Å². The number of hydrogen-bond acceptors (Lipinski definition) is 4. The van der Waals surface area contributed by atoms with Gasteiger partial charge in [-0.15, -0.1) is 0 Å². The number of thioether (sulfide) groups is 1. The molecule has 6 heteroatoms. The van der Waals surface area contributed by atoms with Crippen LogP contribution in [-0.2, 0) is 10.0 Å². The molecule has 1 aliphatic rings. The number of nitrogens with one attached hydrogen (secondary N) is 1. The van der Waals surface area contributed by atoms with E-state index in [-0.39, 0.29) is 9.64 Å². The molecule has 0 bridgehead atoms. The first kappa shape index (κ1) is 16.3. The second kappa shape index (κ2) is 6.82.